The van der Waals surface area contributed by atoms with Crippen LogP contribution in [0.3, 0.4) is 0 Å². The van der Waals surface area contributed by atoms with E-state index in [0.717, 1.165) is 11.4 Å². The van der Waals surface area contributed by atoms with Crippen LogP contribution < -0.4 is 9.64 Å². The van der Waals surface area contributed by atoms with Crippen molar-refractivity contribution in [3.63, 3.8) is 0 Å². The van der Waals surface area contributed by atoms with Crippen LogP contribution in [0.15, 0.2) is 54.6 Å². The summed E-state index contributed by atoms with van der Waals surface area (Å²) in [6.07, 6.45) is -0.00997. The quantitative estimate of drug-likeness (QED) is 0.794. The van der Waals surface area contributed by atoms with E-state index in [-0.39, 0.29) is 13.0 Å². The molecule has 0 saturated heterocycles. The third-order valence-corrected chi connectivity index (χ3v) is 3.04. The Morgan fingerprint density at radius 1 is 1.09 bits per heavy atom. The zero-order chi connectivity index (χ0) is 15.8. The van der Waals surface area contributed by atoms with Crippen molar-refractivity contribution >= 4 is 11.7 Å². The summed E-state index contributed by atoms with van der Waals surface area (Å²) in [4.78, 5) is 12.4. The number of aliphatic carboxylic acids is 1. The highest BCUT2D eigenvalue weighted by molar-refractivity contribution is 5.67. The molecule has 2 rings (SSSR count). The maximum Gasteiger partial charge on any atom is 0.305 e. The highest BCUT2D eigenvalue weighted by Gasteiger charge is 2.08. The van der Waals surface area contributed by atoms with Gasteiger partial charge in [-0.15, -0.1) is 0 Å². The third-order valence-electron chi connectivity index (χ3n) is 3.04. The van der Waals surface area contributed by atoms with Gasteiger partial charge < -0.3 is 14.7 Å². The summed E-state index contributed by atoms with van der Waals surface area (Å²) in [6, 6.07) is 18.7. The molecular formula is C17H16N2O3. The second-order valence-electron chi connectivity index (χ2n) is 4.63. The second kappa shape index (κ2) is 7.70. The summed E-state index contributed by atoms with van der Waals surface area (Å²) < 4.78 is 5.69. The van der Waals surface area contributed by atoms with Crippen LogP contribution in [0.4, 0.5) is 5.69 Å². The number of para-hydroxylation sites is 1. The molecule has 0 radical (unpaired) electrons. The molecule has 0 amide bonds. The van der Waals surface area contributed by atoms with Crippen LogP contribution in [0.1, 0.15) is 6.42 Å². The fourth-order valence-corrected chi connectivity index (χ4v) is 1.97. The third kappa shape index (κ3) is 4.53. The Labute approximate surface area is 129 Å². The molecule has 0 spiro atoms. The van der Waals surface area contributed by atoms with Crippen molar-refractivity contribution in [2.75, 3.05) is 18.0 Å². The smallest absolute Gasteiger partial charge is 0.305 e. The number of hydrogen-bond donors (Lipinski definition) is 1. The van der Waals surface area contributed by atoms with Crippen molar-refractivity contribution in [3.05, 3.63) is 54.6 Å². The Bertz CT molecular complexity index is 648. The molecule has 0 aliphatic heterocycles. The number of anilines is 1. The molecule has 0 unspecified atom stereocenters. The minimum absolute atomic E-state index is 0.00997. The highest BCUT2D eigenvalue weighted by Crippen LogP contribution is 2.24. The van der Waals surface area contributed by atoms with Crippen molar-refractivity contribution in [2.45, 2.75) is 6.42 Å². The first-order valence-corrected chi connectivity index (χ1v) is 6.85. The Balaban J connectivity index is 2.05. The lowest BCUT2D eigenvalue weighted by atomic mass is 10.2. The Kier molecular flexibility index (Phi) is 5.38. The van der Waals surface area contributed by atoms with Gasteiger partial charge in [-0.25, -0.2) is 0 Å². The molecule has 1 N–H and O–H groups in total. The van der Waals surface area contributed by atoms with Gasteiger partial charge in [-0.1, -0.05) is 18.2 Å². The van der Waals surface area contributed by atoms with Crippen LogP contribution in [0.2, 0.25) is 0 Å². The SMILES string of the molecule is N#CCN(CCC(=O)O)c1ccc(Oc2ccccc2)cc1. The topological polar surface area (TPSA) is 73.6 Å². The molecule has 5 heteroatoms. The van der Waals surface area contributed by atoms with Gasteiger partial charge in [-0.05, 0) is 36.4 Å². The van der Waals surface area contributed by atoms with E-state index < -0.39 is 5.97 Å². The Hall–Kier alpha value is -3.00. The average Bonchev–Trinajstić information content (AvgIpc) is 2.53. The molecule has 2 aromatic carbocycles. The van der Waals surface area contributed by atoms with E-state index in [4.69, 9.17) is 15.1 Å². The van der Waals surface area contributed by atoms with Crippen molar-refractivity contribution in [3.8, 4) is 17.6 Å². The normalized spacial score (nSPS) is 9.77. The van der Waals surface area contributed by atoms with Crippen LogP contribution in [0, 0.1) is 11.3 Å². The lowest BCUT2D eigenvalue weighted by Gasteiger charge is -2.21. The van der Waals surface area contributed by atoms with Gasteiger partial charge in [-0.3, -0.25) is 4.79 Å². The summed E-state index contributed by atoms with van der Waals surface area (Å²) in [5.74, 6) is 0.548. The number of ether oxygens (including phenoxy) is 1. The predicted octanol–water partition coefficient (Wildman–Crippen LogP) is 3.28. The summed E-state index contributed by atoms with van der Waals surface area (Å²) in [5.41, 5.74) is 0.795. The number of carboxylic acids is 1. The minimum atomic E-state index is -0.882. The molecule has 0 saturated carbocycles. The van der Waals surface area contributed by atoms with E-state index >= 15 is 0 Å². The monoisotopic (exact) mass is 296 g/mol. The number of hydrogen-bond acceptors (Lipinski definition) is 4. The van der Waals surface area contributed by atoms with E-state index in [1.807, 2.05) is 48.5 Å². The highest BCUT2D eigenvalue weighted by atomic mass is 16.5. The lowest BCUT2D eigenvalue weighted by molar-refractivity contribution is -0.136. The standard InChI is InChI=1S/C17H16N2O3/c18-11-13-19(12-10-17(20)21)14-6-8-16(9-7-14)22-15-4-2-1-3-5-15/h1-9H,10,12-13H2,(H,20,21). The van der Waals surface area contributed by atoms with Crippen molar-refractivity contribution in [1.29, 1.82) is 5.26 Å². The van der Waals surface area contributed by atoms with E-state index in [0.29, 0.717) is 12.3 Å². The Morgan fingerprint density at radius 2 is 1.73 bits per heavy atom. The van der Waals surface area contributed by atoms with E-state index in [1.165, 1.54) is 0 Å². The number of nitrogens with zero attached hydrogens (tertiary/aromatic N) is 2. The van der Waals surface area contributed by atoms with Gasteiger partial charge in [0.15, 0.2) is 0 Å². The van der Waals surface area contributed by atoms with Crippen LogP contribution >= 0.6 is 0 Å². The number of carboxylic acid groups (broad SMARTS) is 1. The van der Waals surface area contributed by atoms with Gasteiger partial charge in [0.1, 0.15) is 18.0 Å². The molecule has 0 aliphatic rings. The average molecular weight is 296 g/mol. The lowest BCUT2D eigenvalue weighted by Crippen LogP contribution is -2.26. The molecule has 22 heavy (non-hydrogen) atoms. The van der Waals surface area contributed by atoms with Crippen molar-refractivity contribution < 1.29 is 14.6 Å². The molecule has 0 bridgehead atoms. The number of benzene rings is 2. The maximum atomic E-state index is 10.7. The fourth-order valence-electron chi connectivity index (χ4n) is 1.97. The molecule has 0 aromatic heterocycles. The number of rotatable bonds is 7. The van der Waals surface area contributed by atoms with Crippen molar-refractivity contribution in [1.82, 2.24) is 0 Å². The molecule has 0 heterocycles. The number of carbonyl (C=O) groups is 1. The number of nitriles is 1. The minimum Gasteiger partial charge on any atom is -0.481 e. The molecular weight excluding hydrogens is 280 g/mol. The molecule has 2 aromatic rings. The largest absolute Gasteiger partial charge is 0.481 e. The van der Waals surface area contributed by atoms with Gasteiger partial charge in [0.2, 0.25) is 0 Å². The second-order valence-corrected chi connectivity index (χ2v) is 4.63. The first-order chi connectivity index (χ1) is 10.7. The first kappa shape index (κ1) is 15.4. The summed E-state index contributed by atoms with van der Waals surface area (Å²) in [7, 11) is 0. The fraction of sp³-hybridized carbons (Fsp3) is 0.176. The molecule has 0 atom stereocenters. The zero-order valence-electron chi connectivity index (χ0n) is 12.0. The van der Waals surface area contributed by atoms with E-state index in [1.54, 1.807) is 17.0 Å². The maximum absolute atomic E-state index is 10.7. The van der Waals surface area contributed by atoms with Gasteiger partial charge in [0, 0.05) is 12.2 Å². The van der Waals surface area contributed by atoms with E-state index in [9.17, 15) is 4.79 Å². The zero-order valence-corrected chi connectivity index (χ0v) is 12.0. The summed E-state index contributed by atoms with van der Waals surface area (Å²) in [5, 5.41) is 17.6. The van der Waals surface area contributed by atoms with Gasteiger partial charge in [-0.2, -0.15) is 5.26 Å². The molecule has 5 nitrogen and oxygen atoms in total. The van der Waals surface area contributed by atoms with E-state index in [2.05, 4.69) is 0 Å². The molecule has 112 valence electrons. The van der Waals surface area contributed by atoms with Gasteiger partial charge >= 0.3 is 5.97 Å². The van der Waals surface area contributed by atoms with Crippen LogP contribution in [0.5, 0.6) is 11.5 Å². The van der Waals surface area contributed by atoms with Crippen LogP contribution in [-0.2, 0) is 4.79 Å². The summed E-state index contributed by atoms with van der Waals surface area (Å²) in [6.45, 7) is 0.438. The molecule has 0 aliphatic carbocycles. The van der Waals surface area contributed by atoms with Crippen molar-refractivity contribution in [2.24, 2.45) is 0 Å². The first-order valence-electron chi connectivity index (χ1n) is 6.85. The summed E-state index contributed by atoms with van der Waals surface area (Å²) >= 11 is 0. The van der Waals surface area contributed by atoms with Gasteiger partial charge in [0.05, 0.1) is 12.5 Å². The van der Waals surface area contributed by atoms with Crippen LogP contribution in [-0.4, -0.2) is 24.2 Å². The van der Waals surface area contributed by atoms with Crippen LogP contribution in [0.25, 0.3) is 0 Å². The predicted molar refractivity (Wildman–Crippen MR) is 83.0 cm³/mol. The Morgan fingerprint density at radius 3 is 2.32 bits per heavy atom. The van der Waals surface area contributed by atoms with Gasteiger partial charge in [0.25, 0.3) is 0 Å². The molecule has 0 fully saturated rings.